The summed E-state index contributed by atoms with van der Waals surface area (Å²) in [6.45, 7) is 3.09. The van der Waals surface area contributed by atoms with Gasteiger partial charge < -0.3 is 19.9 Å². The average molecular weight is 330 g/mol. The van der Waals surface area contributed by atoms with Gasteiger partial charge in [0.15, 0.2) is 5.78 Å². The number of carbonyl (C=O) groups is 1. The van der Waals surface area contributed by atoms with Crippen molar-refractivity contribution in [3.8, 4) is 11.5 Å². The van der Waals surface area contributed by atoms with Gasteiger partial charge in [-0.3, -0.25) is 4.79 Å². The predicted molar refractivity (Wildman–Crippen MR) is 91.4 cm³/mol. The van der Waals surface area contributed by atoms with Gasteiger partial charge in [0, 0.05) is 11.1 Å². The number of ether oxygens (including phenoxy) is 2. The molecule has 0 heterocycles. The van der Waals surface area contributed by atoms with Gasteiger partial charge in [-0.05, 0) is 55.5 Å². The number of hydrogen-bond acceptors (Lipinski definition) is 4. The molecule has 0 aromatic heterocycles. The van der Waals surface area contributed by atoms with Gasteiger partial charge in [-0.1, -0.05) is 0 Å². The van der Waals surface area contributed by atoms with Crippen LogP contribution in [-0.2, 0) is 6.54 Å². The number of ketones is 1. The lowest BCUT2D eigenvalue weighted by molar-refractivity contribution is -0.676. The van der Waals surface area contributed by atoms with Crippen molar-refractivity contribution < 1.29 is 24.7 Å². The molecular weight excluding hydrogens is 306 g/mol. The Balaban J connectivity index is 1.69. The van der Waals surface area contributed by atoms with Gasteiger partial charge in [0.1, 0.15) is 37.3 Å². The summed E-state index contributed by atoms with van der Waals surface area (Å²) in [5, 5.41) is 12.0. The molecule has 0 aliphatic carbocycles. The molecule has 0 unspecified atom stereocenters. The second-order valence-corrected chi connectivity index (χ2v) is 5.62. The van der Waals surface area contributed by atoms with Crippen LogP contribution in [0.5, 0.6) is 11.5 Å². The third-order valence-corrected chi connectivity index (χ3v) is 3.68. The molecule has 24 heavy (non-hydrogen) atoms. The number of rotatable bonds is 9. The zero-order chi connectivity index (χ0) is 17.4. The molecule has 0 saturated heterocycles. The minimum absolute atomic E-state index is 0.0229. The molecule has 1 atom stereocenters. The van der Waals surface area contributed by atoms with Crippen LogP contribution in [0.1, 0.15) is 22.8 Å². The standard InChI is InChI=1S/C19H23NO4/c1-14(21)16-5-9-19(10-6-16)24-13-17(22)12-20-11-15-3-7-18(23-2)8-4-15/h3-10,17,20,22H,11-13H2,1-2H3/p+1/t17-/m1/s1. The number of aliphatic hydroxyl groups excluding tert-OH is 1. The quantitative estimate of drug-likeness (QED) is 0.682. The number of quaternary nitrogens is 1. The Hall–Kier alpha value is -2.37. The van der Waals surface area contributed by atoms with E-state index in [2.05, 4.69) is 0 Å². The zero-order valence-electron chi connectivity index (χ0n) is 14.1. The fourth-order valence-corrected chi connectivity index (χ4v) is 2.25. The summed E-state index contributed by atoms with van der Waals surface area (Å²) >= 11 is 0. The number of aliphatic hydroxyl groups is 1. The van der Waals surface area contributed by atoms with Crippen molar-refractivity contribution in [2.45, 2.75) is 19.6 Å². The first-order valence-electron chi connectivity index (χ1n) is 7.95. The first-order valence-corrected chi connectivity index (χ1v) is 7.95. The average Bonchev–Trinajstić information content (AvgIpc) is 2.61. The molecule has 0 bridgehead atoms. The number of hydrogen-bond donors (Lipinski definition) is 2. The van der Waals surface area contributed by atoms with E-state index in [1.807, 2.05) is 29.6 Å². The van der Waals surface area contributed by atoms with Crippen molar-refractivity contribution >= 4 is 5.78 Å². The molecule has 5 nitrogen and oxygen atoms in total. The van der Waals surface area contributed by atoms with Crippen LogP contribution in [-0.4, -0.2) is 37.3 Å². The van der Waals surface area contributed by atoms with E-state index in [0.29, 0.717) is 17.9 Å². The van der Waals surface area contributed by atoms with Crippen LogP contribution in [0, 0.1) is 0 Å². The molecule has 0 spiro atoms. The van der Waals surface area contributed by atoms with Gasteiger partial charge in [0.05, 0.1) is 7.11 Å². The van der Waals surface area contributed by atoms with Gasteiger partial charge in [-0.15, -0.1) is 0 Å². The highest BCUT2D eigenvalue weighted by Gasteiger charge is 2.08. The van der Waals surface area contributed by atoms with Gasteiger partial charge in [-0.2, -0.15) is 0 Å². The second kappa shape index (κ2) is 9.05. The van der Waals surface area contributed by atoms with Crippen molar-refractivity contribution in [1.82, 2.24) is 0 Å². The molecule has 2 aromatic carbocycles. The highest BCUT2D eigenvalue weighted by atomic mass is 16.5. The Kier molecular flexibility index (Phi) is 6.78. The van der Waals surface area contributed by atoms with E-state index in [1.165, 1.54) is 12.5 Å². The maximum absolute atomic E-state index is 11.2. The minimum Gasteiger partial charge on any atom is -0.497 e. The molecule has 0 amide bonds. The van der Waals surface area contributed by atoms with Crippen molar-refractivity contribution in [3.63, 3.8) is 0 Å². The lowest BCUT2D eigenvalue weighted by atomic mass is 10.1. The highest BCUT2D eigenvalue weighted by molar-refractivity contribution is 5.94. The maximum atomic E-state index is 11.2. The Morgan fingerprint density at radius 2 is 1.71 bits per heavy atom. The van der Waals surface area contributed by atoms with Crippen LogP contribution in [0.2, 0.25) is 0 Å². The third kappa shape index (κ3) is 5.68. The van der Waals surface area contributed by atoms with Crippen molar-refractivity contribution in [2.24, 2.45) is 0 Å². The molecule has 3 N–H and O–H groups in total. The van der Waals surface area contributed by atoms with Gasteiger partial charge in [-0.25, -0.2) is 0 Å². The Bertz CT molecular complexity index is 637. The number of benzene rings is 2. The SMILES string of the molecule is COc1ccc(C[NH2+]C[C@@H](O)COc2ccc(C(C)=O)cc2)cc1. The topological polar surface area (TPSA) is 72.4 Å². The first-order chi connectivity index (χ1) is 11.6. The van der Waals surface area contributed by atoms with Gasteiger partial charge >= 0.3 is 0 Å². The predicted octanol–water partition coefficient (Wildman–Crippen LogP) is 1.40. The van der Waals surface area contributed by atoms with Crippen LogP contribution in [0.15, 0.2) is 48.5 Å². The molecule has 5 heteroatoms. The Labute approximate surface area is 142 Å². The van der Waals surface area contributed by atoms with E-state index in [9.17, 15) is 9.90 Å². The molecule has 2 rings (SSSR count). The van der Waals surface area contributed by atoms with E-state index < -0.39 is 6.10 Å². The molecule has 0 fully saturated rings. The van der Waals surface area contributed by atoms with Gasteiger partial charge in [0.2, 0.25) is 0 Å². The monoisotopic (exact) mass is 330 g/mol. The maximum Gasteiger partial charge on any atom is 0.159 e. The molecule has 0 saturated carbocycles. The molecule has 0 radical (unpaired) electrons. The van der Waals surface area contributed by atoms with Crippen LogP contribution in [0.3, 0.4) is 0 Å². The zero-order valence-corrected chi connectivity index (χ0v) is 14.1. The lowest BCUT2D eigenvalue weighted by Crippen LogP contribution is -2.85. The van der Waals surface area contributed by atoms with E-state index in [4.69, 9.17) is 9.47 Å². The lowest BCUT2D eigenvalue weighted by Gasteiger charge is -2.12. The summed E-state index contributed by atoms with van der Waals surface area (Å²) in [6, 6.07) is 14.8. The first kappa shape index (κ1) is 18.0. The summed E-state index contributed by atoms with van der Waals surface area (Å²) in [6.07, 6.45) is -0.560. The van der Waals surface area contributed by atoms with E-state index in [0.717, 1.165) is 12.3 Å². The third-order valence-electron chi connectivity index (χ3n) is 3.68. The van der Waals surface area contributed by atoms with E-state index >= 15 is 0 Å². The summed E-state index contributed by atoms with van der Waals surface area (Å²) in [5.74, 6) is 1.51. The second-order valence-electron chi connectivity index (χ2n) is 5.62. The molecule has 0 aliphatic rings. The minimum atomic E-state index is -0.560. The van der Waals surface area contributed by atoms with Crippen LogP contribution >= 0.6 is 0 Å². The summed E-state index contributed by atoms with van der Waals surface area (Å²) in [7, 11) is 1.64. The van der Waals surface area contributed by atoms with Crippen molar-refractivity contribution in [3.05, 3.63) is 59.7 Å². The summed E-state index contributed by atoms with van der Waals surface area (Å²) in [5.41, 5.74) is 1.82. The molecule has 2 aromatic rings. The van der Waals surface area contributed by atoms with Gasteiger partial charge in [0.25, 0.3) is 0 Å². The van der Waals surface area contributed by atoms with Crippen molar-refractivity contribution in [1.29, 1.82) is 0 Å². The number of methoxy groups -OCH3 is 1. The molecule has 128 valence electrons. The molecular formula is C19H24NO4+. The van der Waals surface area contributed by atoms with Crippen LogP contribution in [0.4, 0.5) is 0 Å². The normalized spacial score (nSPS) is 11.8. The fourth-order valence-electron chi connectivity index (χ4n) is 2.25. The van der Waals surface area contributed by atoms with Crippen LogP contribution < -0.4 is 14.8 Å². The van der Waals surface area contributed by atoms with Crippen molar-refractivity contribution in [2.75, 3.05) is 20.3 Å². The Morgan fingerprint density at radius 1 is 1.08 bits per heavy atom. The number of nitrogens with two attached hydrogens (primary N) is 1. The largest absolute Gasteiger partial charge is 0.497 e. The van der Waals surface area contributed by atoms with E-state index in [1.54, 1.807) is 31.4 Å². The van der Waals surface area contributed by atoms with Crippen LogP contribution in [0.25, 0.3) is 0 Å². The number of carbonyl (C=O) groups excluding carboxylic acids is 1. The summed E-state index contributed by atoms with van der Waals surface area (Å²) in [4.78, 5) is 11.2. The smallest absolute Gasteiger partial charge is 0.159 e. The number of Topliss-reactive ketones (excluding diaryl/α,β-unsaturated/α-hetero) is 1. The fraction of sp³-hybridized carbons (Fsp3) is 0.316. The molecule has 0 aliphatic heterocycles. The van der Waals surface area contributed by atoms with E-state index in [-0.39, 0.29) is 12.4 Å². The highest BCUT2D eigenvalue weighted by Crippen LogP contribution is 2.13. The summed E-state index contributed by atoms with van der Waals surface area (Å²) < 4.78 is 10.7. The Morgan fingerprint density at radius 3 is 2.29 bits per heavy atom.